The number of carbonyl (C=O) groups is 1. The number of amides is 1. The number of ether oxygens (including phenoxy) is 1. The molecule has 7 heteroatoms. The number of rotatable bonds is 7. The summed E-state index contributed by atoms with van der Waals surface area (Å²) in [4.78, 5) is 13.2. The zero-order valence-corrected chi connectivity index (χ0v) is 18.0. The monoisotopic (exact) mass is 416 g/mol. The van der Waals surface area contributed by atoms with E-state index in [1.54, 1.807) is 19.9 Å². The van der Waals surface area contributed by atoms with Gasteiger partial charge in [-0.05, 0) is 48.6 Å². The second-order valence-corrected chi connectivity index (χ2v) is 9.02. The average molecular weight is 417 g/mol. The Morgan fingerprint density at radius 3 is 2.59 bits per heavy atom. The minimum absolute atomic E-state index is 0.140. The van der Waals surface area contributed by atoms with Crippen LogP contribution in [0.25, 0.3) is 0 Å². The summed E-state index contributed by atoms with van der Waals surface area (Å²) in [5, 5.41) is 2.91. The average Bonchev–Trinajstić information content (AvgIpc) is 2.73. The SMILES string of the molecule is CCN(CC)S(=O)(=O)c1ccc(OC)c(NC(=O)C2CCCc3ccccc32)c1. The third-order valence-electron chi connectivity index (χ3n) is 5.46. The molecule has 0 saturated heterocycles. The standard InChI is InChI=1S/C22H28N2O4S/c1-4-24(5-2)29(26,27)17-13-14-21(28-3)20(15-17)23-22(25)19-12-8-10-16-9-6-7-11-18(16)19/h6-7,9,11,13-15,19H,4-5,8,10,12H2,1-3H3,(H,23,25). The van der Waals surface area contributed by atoms with Crippen LogP contribution in [-0.2, 0) is 21.2 Å². The number of nitrogens with zero attached hydrogens (tertiary/aromatic N) is 1. The summed E-state index contributed by atoms with van der Waals surface area (Å²) in [6, 6.07) is 12.6. The van der Waals surface area contributed by atoms with Crippen LogP contribution in [-0.4, -0.2) is 38.8 Å². The minimum atomic E-state index is -3.63. The highest BCUT2D eigenvalue weighted by molar-refractivity contribution is 7.89. The summed E-state index contributed by atoms with van der Waals surface area (Å²) in [6.07, 6.45) is 2.69. The summed E-state index contributed by atoms with van der Waals surface area (Å²) >= 11 is 0. The quantitative estimate of drug-likeness (QED) is 0.745. The fourth-order valence-electron chi connectivity index (χ4n) is 3.90. The maximum atomic E-state index is 13.1. The fraction of sp³-hybridized carbons (Fsp3) is 0.409. The van der Waals surface area contributed by atoms with Gasteiger partial charge in [0.2, 0.25) is 15.9 Å². The van der Waals surface area contributed by atoms with E-state index < -0.39 is 10.0 Å². The summed E-state index contributed by atoms with van der Waals surface area (Å²) in [5.41, 5.74) is 2.61. The van der Waals surface area contributed by atoms with Gasteiger partial charge >= 0.3 is 0 Å². The first-order chi connectivity index (χ1) is 13.9. The molecule has 2 aromatic carbocycles. The zero-order chi connectivity index (χ0) is 21.0. The molecule has 1 atom stereocenters. The molecule has 0 aromatic heterocycles. The summed E-state index contributed by atoms with van der Waals surface area (Å²) < 4.78 is 32.5. The van der Waals surface area contributed by atoms with Crippen LogP contribution in [0.15, 0.2) is 47.4 Å². The Bertz CT molecular complexity index is 984. The normalized spacial score (nSPS) is 16.3. The number of hydrogen-bond donors (Lipinski definition) is 1. The van der Waals surface area contributed by atoms with Crippen molar-refractivity contribution in [3.05, 3.63) is 53.6 Å². The van der Waals surface area contributed by atoms with Gasteiger partial charge in [0.05, 0.1) is 23.6 Å². The number of anilines is 1. The lowest BCUT2D eigenvalue weighted by molar-refractivity contribution is -0.117. The van der Waals surface area contributed by atoms with Crippen molar-refractivity contribution in [3.63, 3.8) is 0 Å². The molecule has 1 aliphatic carbocycles. The van der Waals surface area contributed by atoms with Crippen molar-refractivity contribution < 1.29 is 17.9 Å². The molecule has 1 N–H and O–H groups in total. The molecule has 156 valence electrons. The fourth-order valence-corrected chi connectivity index (χ4v) is 5.39. The summed E-state index contributed by atoms with van der Waals surface area (Å²) in [6.45, 7) is 4.36. The molecule has 29 heavy (non-hydrogen) atoms. The smallest absolute Gasteiger partial charge is 0.243 e. The third kappa shape index (κ3) is 4.31. The summed E-state index contributed by atoms with van der Waals surface area (Å²) in [7, 11) is -2.13. The van der Waals surface area contributed by atoms with Gasteiger partial charge in [0, 0.05) is 13.1 Å². The van der Waals surface area contributed by atoms with E-state index in [0.29, 0.717) is 24.5 Å². The highest BCUT2D eigenvalue weighted by Gasteiger charge is 2.28. The Hall–Kier alpha value is -2.38. The maximum absolute atomic E-state index is 13.1. The molecule has 0 aliphatic heterocycles. The van der Waals surface area contributed by atoms with Gasteiger partial charge in [-0.2, -0.15) is 4.31 Å². The molecule has 1 unspecified atom stereocenters. The van der Waals surface area contributed by atoms with Gasteiger partial charge in [0.15, 0.2) is 0 Å². The Balaban J connectivity index is 1.92. The van der Waals surface area contributed by atoms with Crippen LogP contribution in [0.2, 0.25) is 0 Å². The van der Waals surface area contributed by atoms with Gasteiger partial charge in [-0.3, -0.25) is 4.79 Å². The molecule has 1 amide bonds. The van der Waals surface area contributed by atoms with E-state index in [4.69, 9.17) is 4.74 Å². The molecule has 3 rings (SSSR count). The highest BCUT2D eigenvalue weighted by atomic mass is 32.2. The van der Waals surface area contributed by atoms with Gasteiger partial charge in [-0.25, -0.2) is 8.42 Å². The zero-order valence-electron chi connectivity index (χ0n) is 17.1. The molecular weight excluding hydrogens is 388 g/mol. The molecule has 0 fully saturated rings. The number of carbonyl (C=O) groups excluding carboxylic acids is 1. The second-order valence-electron chi connectivity index (χ2n) is 7.08. The molecule has 1 aliphatic rings. The van der Waals surface area contributed by atoms with Gasteiger partial charge in [0.1, 0.15) is 5.75 Å². The third-order valence-corrected chi connectivity index (χ3v) is 7.50. The van der Waals surface area contributed by atoms with Crippen molar-refractivity contribution in [3.8, 4) is 5.75 Å². The van der Waals surface area contributed by atoms with Crippen LogP contribution in [0, 0.1) is 0 Å². The minimum Gasteiger partial charge on any atom is -0.495 e. The predicted octanol–water partition coefficient (Wildman–Crippen LogP) is 3.78. The highest BCUT2D eigenvalue weighted by Crippen LogP contribution is 2.34. The van der Waals surface area contributed by atoms with Crippen LogP contribution >= 0.6 is 0 Å². The molecule has 0 heterocycles. The van der Waals surface area contributed by atoms with Crippen LogP contribution in [0.3, 0.4) is 0 Å². The number of fused-ring (bicyclic) bond motifs is 1. The van der Waals surface area contributed by atoms with Gasteiger partial charge in [-0.15, -0.1) is 0 Å². The number of sulfonamides is 1. The van der Waals surface area contributed by atoms with Crippen molar-refractivity contribution in [2.24, 2.45) is 0 Å². The van der Waals surface area contributed by atoms with Gasteiger partial charge in [-0.1, -0.05) is 38.1 Å². The van der Waals surface area contributed by atoms with Crippen LogP contribution in [0.5, 0.6) is 5.75 Å². The topological polar surface area (TPSA) is 75.7 Å². The Morgan fingerprint density at radius 2 is 1.90 bits per heavy atom. The first-order valence-electron chi connectivity index (χ1n) is 9.99. The van der Waals surface area contributed by atoms with E-state index in [1.165, 1.54) is 29.1 Å². The lowest BCUT2D eigenvalue weighted by Gasteiger charge is -2.25. The Kier molecular flexibility index (Phi) is 6.59. The molecule has 0 radical (unpaired) electrons. The van der Waals surface area contributed by atoms with Gasteiger partial charge < -0.3 is 10.1 Å². The van der Waals surface area contributed by atoms with E-state index in [9.17, 15) is 13.2 Å². The molecule has 0 spiro atoms. The first-order valence-corrected chi connectivity index (χ1v) is 11.4. The number of methoxy groups -OCH3 is 1. The van der Waals surface area contributed by atoms with E-state index in [1.807, 2.05) is 18.2 Å². The maximum Gasteiger partial charge on any atom is 0.243 e. The number of hydrogen-bond acceptors (Lipinski definition) is 4. The van der Waals surface area contributed by atoms with Crippen LogP contribution < -0.4 is 10.1 Å². The molecule has 2 aromatic rings. The van der Waals surface area contributed by atoms with Crippen LogP contribution in [0.1, 0.15) is 43.7 Å². The van der Waals surface area contributed by atoms with E-state index in [2.05, 4.69) is 11.4 Å². The number of benzene rings is 2. The molecular formula is C22H28N2O4S. The second kappa shape index (κ2) is 8.97. The van der Waals surface area contributed by atoms with Crippen LogP contribution in [0.4, 0.5) is 5.69 Å². The molecule has 0 saturated carbocycles. The summed E-state index contributed by atoms with van der Waals surface area (Å²) in [5.74, 6) is 0.0291. The molecule has 6 nitrogen and oxygen atoms in total. The van der Waals surface area contributed by atoms with E-state index in [0.717, 1.165) is 24.8 Å². The Labute approximate surface area is 172 Å². The Morgan fingerprint density at radius 1 is 1.17 bits per heavy atom. The predicted molar refractivity (Wildman–Crippen MR) is 114 cm³/mol. The van der Waals surface area contributed by atoms with Crippen molar-refractivity contribution in [2.75, 3.05) is 25.5 Å². The van der Waals surface area contributed by atoms with Crippen molar-refractivity contribution in [2.45, 2.75) is 43.9 Å². The van der Waals surface area contributed by atoms with E-state index >= 15 is 0 Å². The number of aryl methyl sites for hydroxylation is 1. The van der Waals surface area contributed by atoms with Gasteiger partial charge in [0.25, 0.3) is 0 Å². The lowest BCUT2D eigenvalue weighted by atomic mass is 9.82. The number of nitrogens with one attached hydrogen (secondary N) is 1. The van der Waals surface area contributed by atoms with Crippen molar-refractivity contribution in [1.29, 1.82) is 0 Å². The molecule has 0 bridgehead atoms. The lowest BCUT2D eigenvalue weighted by Crippen LogP contribution is -2.30. The first kappa shape index (κ1) is 21.3. The largest absolute Gasteiger partial charge is 0.495 e. The van der Waals surface area contributed by atoms with Crippen molar-refractivity contribution >= 4 is 21.6 Å². The van der Waals surface area contributed by atoms with E-state index in [-0.39, 0.29) is 16.7 Å². The van der Waals surface area contributed by atoms with Crippen molar-refractivity contribution in [1.82, 2.24) is 4.31 Å².